The fraction of sp³-hybridized carbons (Fsp3) is 0.250. The molecule has 17 heavy (non-hydrogen) atoms. The van der Waals surface area contributed by atoms with Gasteiger partial charge in [-0.2, -0.15) is 0 Å². The van der Waals surface area contributed by atoms with Gasteiger partial charge >= 0.3 is 0 Å². The van der Waals surface area contributed by atoms with E-state index in [1.807, 2.05) is 29.8 Å². The first kappa shape index (κ1) is 12.6. The first-order valence-electron chi connectivity index (χ1n) is 5.27. The monoisotopic (exact) mass is 314 g/mol. The smallest absolute Gasteiger partial charge is 0.142 e. The van der Waals surface area contributed by atoms with Gasteiger partial charge in [0.05, 0.1) is 0 Å². The molecule has 0 spiro atoms. The second-order valence-electron chi connectivity index (χ2n) is 3.64. The minimum absolute atomic E-state index is 0.534. The molecule has 0 aliphatic rings. The highest BCUT2D eigenvalue weighted by atomic mass is 79.9. The number of aryl methyl sites for hydroxylation is 1. The topological polar surface area (TPSA) is 38.0 Å². The lowest BCUT2D eigenvalue weighted by Crippen LogP contribution is -2.09. The Morgan fingerprint density at radius 1 is 1.53 bits per heavy atom. The van der Waals surface area contributed by atoms with Gasteiger partial charge in [-0.25, -0.2) is 4.98 Å². The summed E-state index contributed by atoms with van der Waals surface area (Å²) in [5.74, 6) is 0.604. The van der Waals surface area contributed by atoms with Gasteiger partial charge < -0.3 is 9.67 Å². The first-order valence-corrected chi connectivity index (χ1v) is 6.44. The van der Waals surface area contributed by atoms with E-state index >= 15 is 0 Å². The van der Waals surface area contributed by atoms with Crippen molar-refractivity contribution in [1.82, 2.24) is 9.55 Å². The normalized spacial score (nSPS) is 12.7. The van der Waals surface area contributed by atoms with Crippen molar-refractivity contribution < 1.29 is 5.11 Å². The first-order chi connectivity index (χ1) is 8.13. The summed E-state index contributed by atoms with van der Waals surface area (Å²) in [6.07, 6.45) is 2.70. The summed E-state index contributed by atoms with van der Waals surface area (Å²) in [5, 5.41) is 10.8. The van der Waals surface area contributed by atoms with E-state index in [0.29, 0.717) is 16.4 Å². The third-order valence-corrected chi connectivity index (χ3v) is 3.42. The van der Waals surface area contributed by atoms with E-state index in [2.05, 4.69) is 20.9 Å². The average Bonchev–Trinajstić information content (AvgIpc) is 2.79. The fourth-order valence-electron chi connectivity index (χ4n) is 1.70. The van der Waals surface area contributed by atoms with Gasteiger partial charge in [-0.3, -0.25) is 0 Å². The molecule has 1 N–H and O–H groups in total. The Morgan fingerprint density at radius 3 is 3.00 bits per heavy atom. The van der Waals surface area contributed by atoms with Gasteiger partial charge in [0, 0.05) is 34.0 Å². The molecule has 0 aliphatic carbocycles. The zero-order valence-corrected chi connectivity index (χ0v) is 11.6. The van der Waals surface area contributed by atoms with Crippen LogP contribution in [-0.4, -0.2) is 14.7 Å². The maximum Gasteiger partial charge on any atom is 0.142 e. The maximum absolute atomic E-state index is 10.3. The number of rotatable bonds is 3. The summed E-state index contributed by atoms with van der Waals surface area (Å²) in [6.45, 7) is 2.76. The lowest BCUT2D eigenvalue weighted by Gasteiger charge is -2.14. The molecule has 1 aromatic carbocycles. The van der Waals surface area contributed by atoms with Crippen molar-refractivity contribution in [2.45, 2.75) is 19.6 Å². The summed E-state index contributed by atoms with van der Waals surface area (Å²) in [7, 11) is 0. The lowest BCUT2D eigenvalue weighted by atomic mass is 10.1. The van der Waals surface area contributed by atoms with Crippen molar-refractivity contribution in [3.05, 3.63) is 51.5 Å². The number of halogens is 2. The number of hydrogen-bond donors (Lipinski definition) is 1. The van der Waals surface area contributed by atoms with Crippen LogP contribution in [0.3, 0.4) is 0 Å². The standard InChI is InChI=1S/C12H12BrClN2O/c1-2-16-6-5-15-12(16)11(17)9-7-8(13)3-4-10(9)14/h3-7,11,17H,2H2,1H3. The molecular formula is C12H12BrClN2O. The highest BCUT2D eigenvalue weighted by molar-refractivity contribution is 9.10. The second kappa shape index (κ2) is 5.21. The Morgan fingerprint density at radius 2 is 2.29 bits per heavy atom. The molecule has 90 valence electrons. The zero-order valence-electron chi connectivity index (χ0n) is 9.27. The molecule has 0 amide bonds. The molecule has 0 fully saturated rings. The highest BCUT2D eigenvalue weighted by Crippen LogP contribution is 2.29. The summed E-state index contributed by atoms with van der Waals surface area (Å²) in [6, 6.07) is 5.40. The van der Waals surface area contributed by atoms with Gasteiger partial charge in [0.25, 0.3) is 0 Å². The Labute approximate surface area is 113 Å². The van der Waals surface area contributed by atoms with Crippen molar-refractivity contribution in [2.75, 3.05) is 0 Å². The summed E-state index contributed by atoms with van der Waals surface area (Å²) in [4.78, 5) is 4.17. The van der Waals surface area contributed by atoms with Gasteiger partial charge in [0.2, 0.25) is 0 Å². The number of imidazole rings is 1. The van der Waals surface area contributed by atoms with Gasteiger partial charge in [-0.15, -0.1) is 0 Å². The van der Waals surface area contributed by atoms with Crippen molar-refractivity contribution in [3.8, 4) is 0 Å². The van der Waals surface area contributed by atoms with E-state index in [9.17, 15) is 5.11 Å². The molecule has 0 saturated heterocycles. The zero-order chi connectivity index (χ0) is 12.4. The molecule has 3 nitrogen and oxygen atoms in total. The van der Waals surface area contributed by atoms with Crippen LogP contribution in [-0.2, 0) is 6.54 Å². The van der Waals surface area contributed by atoms with E-state index in [1.165, 1.54) is 0 Å². The molecule has 1 aromatic heterocycles. The van der Waals surface area contributed by atoms with E-state index in [0.717, 1.165) is 11.0 Å². The summed E-state index contributed by atoms with van der Waals surface area (Å²) < 4.78 is 2.77. The number of hydrogen-bond acceptors (Lipinski definition) is 2. The Kier molecular flexibility index (Phi) is 3.86. The molecule has 0 saturated carbocycles. The van der Waals surface area contributed by atoms with Crippen molar-refractivity contribution in [1.29, 1.82) is 0 Å². The number of aliphatic hydroxyl groups is 1. The van der Waals surface area contributed by atoms with Crippen molar-refractivity contribution in [2.24, 2.45) is 0 Å². The van der Waals surface area contributed by atoms with Gasteiger partial charge in [-0.1, -0.05) is 27.5 Å². The van der Waals surface area contributed by atoms with E-state index in [4.69, 9.17) is 11.6 Å². The average molecular weight is 316 g/mol. The molecular weight excluding hydrogens is 304 g/mol. The van der Waals surface area contributed by atoms with Gasteiger partial charge in [0.1, 0.15) is 11.9 Å². The minimum Gasteiger partial charge on any atom is -0.380 e. The van der Waals surface area contributed by atoms with Crippen molar-refractivity contribution >= 4 is 27.5 Å². The van der Waals surface area contributed by atoms with Crippen LogP contribution < -0.4 is 0 Å². The van der Waals surface area contributed by atoms with Gasteiger partial charge in [0.15, 0.2) is 0 Å². The Bertz CT molecular complexity index is 527. The third kappa shape index (κ3) is 2.54. The molecule has 1 heterocycles. The fourth-order valence-corrected chi connectivity index (χ4v) is 2.30. The maximum atomic E-state index is 10.3. The Hall–Kier alpha value is -0.840. The van der Waals surface area contributed by atoms with Crippen LogP contribution in [0.4, 0.5) is 0 Å². The van der Waals surface area contributed by atoms with Crippen LogP contribution in [0.2, 0.25) is 5.02 Å². The molecule has 0 radical (unpaired) electrons. The molecule has 5 heteroatoms. The predicted octanol–water partition coefficient (Wildman–Crippen LogP) is 3.40. The van der Waals surface area contributed by atoms with Crippen LogP contribution in [0.25, 0.3) is 0 Å². The van der Waals surface area contributed by atoms with E-state index in [1.54, 1.807) is 12.3 Å². The summed E-state index contributed by atoms with van der Waals surface area (Å²) >= 11 is 9.45. The molecule has 0 bridgehead atoms. The second-order valence-corrected chi connectivity index (χ2v) is 4.96. The molecule has 2 rings (SSSR count). The molecule has 1 atom stereocenters. The number of aliphatic hydroxyl groups excluding tert-OH is 1. The minimum atomic E-state index is -0.810. The molecule has 2 aromatic rings. The quantitative estimate of drug-likeness (QED) is 0.942. The van der Waals surface area contributed by atoms with Crippen LogP contribution in [0.15, 0.2) is 35.1 Å². The molecule has 0 aliphatic heterocycles. The van der Waals surface area contributed by atoms with E-state index < -0.39 is 6.10 Å². The highest BCUT2D eigenvalue weighted by Gasteiger charge is 2.18. The van der Waals surface area contributed by atoms with Crippen molar-refractivity contribution in [3.63, 3.8) is 0 Å². The third-order valence-electron chi connectivity index (χ3n) is 2.59. The van der Waals surface area contributed by atoms with Crippen LogP contribution in [0, 0.1) is 0 Å². The summed E-state index contributed by atoms with van der Waals surface area (Å²) in [5.41, 5.74) is 0.655. The largest absolute Gasteiger partial charge is 0.380 e. The number of aromatic nitrogens is 2. The lowest BCUT2D eigenvalue weighted by molar-refractivity contribution is 0.205. The van der Waals surface area contributed by atoms with E-state index in [-0.39, 0.29) is 0 Å². The van der Waals surface area contributed by atoms with Crippen LogP contribution in [0.5, 0.6) is 0 Å². The van der Waals surface area contributed by atoms with Gasteiger partial charge in [-0.05, 0) is 25.1 Å². The van der Waals surface area contributed by atoms with Crippen LogP contribution >= 0.6 is 27.5 Å². The number of benzene rings is 1. The Balaban J connectivity index is 2.43. The predicted molar refractivity (Wildman–Crippen MR) is 71.1 cm³/mol. The van der Waals surface area contributed by atoms with Crippen LogP contribution in [0.1, 0.15) is 24.4 Å². The molecule has 1 unspecified atom stereocenters. The SMILES string of the molecule is CCn1ccnc1C(O)c1cc(Br)ccc1Cl. The number of nitrogens with zero attached hydrogens (tertiary/aromatic N) is 2.